The molecule has 0 saturated heterocycles. The van der Waals surface area contributed by atoms with Crippen LogP contribution in [0.15, 0.2) is 106 Å². The molecule has 0 spiro atoms. The van der Waals surface area contributed by atoms with Crippen LogP contribution in [0.4, 0.5) is 0 Å². The Morgan fingerprint density at radius 1 is 0.786 bits per heavy atom. The lowest BCUT2D eigenvalue weighted by Gasteiger charge is -2.23. The van der Waals surface area contributed by atoms with Crippen molar-refractivity contribution in [2.75, 3.05) is 0 Å². The fraction of sp³-hybridized carbons (Fsp3) is 0.121. The number of phenolic OH excluding ortho intramolecular Hbond substituents is 1. The molecule has 0 radical (unpaired) electrons. The molecule has 2 aliphatic rings. The summed E-state index contributed by atoms with van der Waals surface area (Å²) in [7, 11) is -4.70. The third-order valence-corrected chi connectivity index (χ3v) is 8.17. The fourth-order valence-corrected chi connectivity index (χ4v) is 5.88. The fourth-order valence-electron chi connectivity index (χ4n) is 5.15. The molecular formula is C33H26N2O6S. The Kier molecular flexibility index (Phi) is 6.44. The van der Waals surface area contributed by atoms with Crippen LogP contribution in [0.1, 0.15) is 26.3 Å². The molecule has 4 aromatic rings. The molecule has 0 bridgehead atoms. The number of aromatic hydroxyl groups is 1. The zero-order valence-electron chi connectivity index (χ0n) is 23.0. The molecule has 6 rings (SSSR count). The van der Waals surface area contributed by atoms with E-state index in [9.17, 15) is 22.9 Å². The molecular weight excluding hydrogens is 552 g/mol. The number of phenols is 1. The van der Waals surface area contributed by atoms with Crippen molar-refractivity contribution >= 4 is 21.1 Å². The molecule has 42 heavy (non-hydrogen) atoms. The Morgan fingerprint density at radius 3 is 2.05 bits per heavy atom. The van der Waals surface area contributed by atoms with E-state index < -0.39 is 15.5 Å². The molecule has 2 aromatic carbocycles. The molecule has 1 aliphatic carbocycles. The molecule has 2 aromatic heterocycles. The highest BCUT2D eigenvalue weighted by molar-refractivity contribution is 7.86. The van der Waals surface area contributed by atoms with Gasteiger partial charge in [0.1, 0.15) is 22.0 Å². The number of benzene rings is 3. The summed E-state index contributed by atoms with van der Waals surface area (Å²) in [5.41, 5.74) is 3.27. The Morgan fingerprint density at radius 2 is 1.45 bits per heavy atom. The summed E-state index contributed by atoms with van der Waals surface area (Å²) in [6.45, 7) is 5.84. The maximum atomic E-state index is 13.2. The standard InChI is InChI=1S/C33H26N2O6S/c1-33(2,3)21-8-9-22(31(12-21)42(38,39)40)32-25-13-23(19-6-4-10-34-17-19)27(36)15-29(25)41-30-16-28(37)24(14-26(30)32)20-7-5-11-35-18-20/h4-18,36H,1-3H3,(H,38,39,40). The van der Waals surface area contributed by atoms with Crippen LogP contribution in [-0.4, -0.2) is 28.0 Å². The highest BCUT2D eigenvalue weighted by Crippen LogP contribution is 2.46. The maximum Gasteiger partial charge on any atom is 0.295 e. The zero-order chi connectivity index (χ0) is 29.8. The van der Waals surface area contributed by atoms with E-state index in [-0.39, 0.29) is 33.0 Å². The second-order valence-corrected chi connectivity index (χ2v) is 12.5. The number of rotatable bonds is 4. The molecule has 210 valence electrons. The number of hydrogen-bond acceptors (Lipinski definition) is 7. The minimum absolute atomic E-state index is 0.0861. The predicted octanol–water partition coefficient (Wildman–Crippen LogP) is 6.94. The van der Waals surface area contributed by atoms with Gasteiger partial charge in [-0.15, -0.1) is 0 Å². The Bertz CT molecular complexity index is 2120. The van der Waals surface area contributed by atoms with E-state index in [0.29, 0.717) is 44.3 Å². The van der Waals surface area contributed by atoms with E-state index in [1.54, 1.807) is 67.3 Å². The molecule has 0 atom stereocenters. The van der Waals surface area contributed by atoms with Crippen molar-refractivity contribution in [2.24, 2.45) is 0 Å². The summed E-state index contributed by atoms with van der Waals surface area (Å²) in [5.74, 6) is 0.0989. The first-order valence-electron chi connectivity index (χ1n) is 13.1. The van der Waals surface area contributed by atoms with Crippen molar-refractivity contribution in [1.29, 1.82) is 0 Å². The van der Waals surface area contributed by atoms with Crippen LogP contribution in [0.25, 0.3) is 55.7 Å². The monoisotopic (exact) mass is 578 g/mol. The Hall–Kier alpha value is -4.86. The van der Waals surface area contributed by atoms with Crippen molar-refractivity contribution in [3.63, 3.8) is 0 Å². The normalized spacial score (nSPS) is 12.2. The summed E-state index contributed by atoms with van der Waals surface area (Å²) in [4.78, 5) is 21.2. The number of hydrogen-bond donors (Lipinski definition) is 2. The molecule has 9 heteroatoms. The quantitative estimate of drug-likeness (QED) is 0.170. The van der Waals surface area contributed by atoms with Gasteiger partial charge < -0.3 is 9.52 Å². The van der Waals surface area contributed by atoms with Gasteiger partial charge in [-0.2, -0.15) is 8.42 Å². The first-order valence-corrected chi connectivity index (χ1v) is 14.6. The van der Waals surface area contributed by atoms with Crippen molar-refractivity contribution in [3.05, 3.63) is 107 Å². The van der Waals surface area contributed by atoms with Crippen LogP contribution in [0.2, 0.25) is 0 Å². The van der Waals surface area contributed by atoms with Crippen LogP contribution >= 0.6 is 0 Å². The molecule has 0 amide bonds. The lowest BCUT2D eigenvalue weighted by Crippen LogP contribution is -2.13. The largest absolute Gasteiger partial charge is 0.507 e. The van der Waals surface area contributed by atoms with Gasteiger partial charge in [0.25, 0.3) is 10.1 Å². The van der Waals surface area contributed by atoms with Crippen LogP contribution < -0.4 is 5.43 Å². The second-order valence-electron chi connectivity index (χ2n) is 11.1. The predicted molar refractivity (Wildman–Crippen MR) is 161 cm³/mol. The third-order valence-electron chi connectivity index (χ3n) is 7.28. The van der Waals surface area contributed by atoms with Gasteiger partial charge in [-0.25, -0.2) is 0 Å². The highest BCUT2D eigenvalue weighted by atomic mass is 32.2. The smallest absolute Gasteiger partial charge is 0.295 e. The number of aromatic nitrogens is 2. The maximum absolute atomic E-state index is 13.2. The Labute approximate surface area is 242 Å². The average Bonchev–Trinajstić information content (AvgIpc) is 2.95. The lowest BCUT2D eigenvalue weighted by molar-refractivity contribution is 0.476. The van der Waals surface area contributed by atoms with E-state index in [1.165, 1.54) is 18.2 Å². The van der Waals surface area contributed by atoms with Gasteiger partial charge in [0, 0.05) is 81.3 Å². The highest BCUT2D eigenvalue weighted by Gasteiger charge is 2.28. The van der Waals surface area contributed by atoms with E-state index in [4.69, 9.17) is 4.42 Å². The van der Waals surface area contributed by atoms with Gasteiger partial charge in [0.05, 0.1) is 0 Å². The molecule has 2 N–H and O–H groups in total. The molecule has 8 nitrogen and oxygen atoms in total. The SMILES string of the molecule is CC(C)(C)c1ccc(-c2c3cc(-c4cccnc4)c(=O)cc-3oc3cc(O)c(-c4cccnc4)cc23)c(S(=O)(=O)O)c1. The van der Waals surface area contributed by atoms with E-state index in [1.807, 2.05) is 26.8 Å². The van der Waals surface area contributed by atoms with E-state index in [2.05, 4.69) is 9.97 Å². The molecule has 0 fully saturated rings. The van der Waals surface area contributed by atoms with Gasteiger partial charge in [0.2, 0.25) is 0 Å². The van der Waals surface area contributed by atoms with Gasteiger partial charge >= 0.3 is 0 Å². The summed E-state index contributed by atoms with van der Waals surface area (Å²) >= 11 is 0. The first-order chi connectivity index (χ1) is 19.9. The zero-order valence-corrected chi connectivity index (χ0v) is 23.8. The van der Waals surface area contributed by atoms with Crippen LogP contribution in [-0.2, 0) is 15.5 Å². The molecule has 0 saturated carbocycles. The van der Waals surface area contributed by atoms with Crippen molar-refractivity contribution in [1.82, 2.24) is 9.97 Å². The molecule has 3 heterocycles. The van der Waals surface area contributed by atoms with Gasteiger partial charge in [-0.1, -0.05) is 45.0 Å². The third kappa shape index (κ3) is 4.82. The van der Waals surface area contributed by atoms with Crippen molar-refractivity contribution in [2.45, 2.75) is 31.1 Å². The van der Waals surface area contributed by atoms with Crippen LogP contribution in [0.3, 0.4) is 0 Å². The summed E-state index contributed by atoms with van der Waals surface area (Å²) in [5, 5.41) is 11.4. The minimum Gasteiger partial charge on any atom is -0.507 e. The van der Waals surface area contributed by atoms with Crippen LogP contribution in [0.5, 0.6) is 5.75 Å². The van der Waals surface area contributed by atoms with Gasteiger partial charge in [0.15, 0.2) is 5.43 Å². The average molecular weight is 579 g/mol. The van der Waals surface area contributed by atoms with Gasteiger partial charge in [-0.05, 0) is 41.3 Å². The number of fused-ring (bicyclic) bond motifs is 2. The summed E-state index contributed by atoms with van der Waals surface area (Å²) < 4.78 is 42.4. The number of nitrogens with zero attached hydrogens (tertiary/aromatic N) is 2. The summed E-state index contributed by atoms with van der Waals surface area (Å²) in [6, 6.07) is 18.1. The number of pyridine rings is 2. The van der Waals surface area contributed by atoms with Crippen molar-refractivity contribution < 1.29 is 22.5 Å². The van der Waals surface area contributed by atoms with E-state index in [0.717, 1.165) is 0 Å². The van der Waals surface area contributed by atoms with Crippen LogP contribution in [0, 0.1) is 0 Å². The van der Waals surface area contributed by atoms with E-state index >= 15 is 0 Å². The Balaban J connectivity index is 1.80. The van der Waals surface area contributed by atoms with Gasteiger partial charge in [-0.3, -0.25) is 19.3 Å². The topological polar surface area (TPSA) is 131 Å². The molecule has 1 aliphatic heterocycles. The second kappa shape index (κ2) is 9.90. The summed E-state index contributed by atoms with van der Waals surface area (Å²) in [6.07, 6.45) is 6.39. The lowest BCUT2D eigenvalue weighted by atomic mass is 9.84. The van der Waals surface area contributed by atoms with Crippen molar-refractivity contribution in [3.8, 4) is 50.5 Å². The molecule has 0 unspecified atom stereocenters. The first kappa shape index (κ1) is 27.3. The minimum atomic E-state index is -4.70.